The van der Waals surface area contributed by atoms with E-state index in [2.05, 4.69) is 25.4 Å². The summed E-state index contributed by atoms with van der Waals surface area (Å²) >= 11 is 0. The fraction of sp³-hybridized carbons (Fsp3) is 0.176. The molecule has 0 aliphatic rings. The highest BCUT2D eigenvalue weighted by Crippen LogP contribution is 2.25. The van der Waals surface area contributed by atoms with Gasteiger partial charge in [-0.15, -0.1) is 0 Å². The van der Waals surface area contributed by atoms with Crippen LogP contribution in [0.1, 0.15) is 10.4 Å². The Bertz CT molecular complexity index is 926. The summed E-state index contributed by atoms with van der Waals surface area (Å²) in [6, 6.07) is 11.0. The third-order valence-corrected chi connectivity index (χ3v) is 3.82. The van der Waals surface area contributed by atoms with Gasteiger partial charge in [-0.1, -0.05) is 6.07 Å². The Morgan fingerprint density at radius 3 is 2.92 bits per heavy atom. The van der Waals surface area contributed by atoms with Crippen molar-refractivity contribution in [3.05, 3.63) is 59.4 Å². The zero-order chi connectivity index (χ0) is 17.6. The zero-order valence-corrected chi connectivity index (χ0v) is 13.6. The van der Waals surface area contributed by atoms with E-state index < -0.39 is 0 Å². The summed E-state index contributed by atoms with van der Waals surface area (Å²) in [5.74, 6) is 0.968. The molecule has 0 aliphatic carbocycles. The average molecular weight is 337 g/mol. The van der Waals surface area contributed by atoms with Crippen LogP contribution in [-0.2, 0) is 6.54 Å². The van der Waals surface area contributed by atoms with E-state index in [0.717, 1.165) is 16.7 Å². The number of amides is 1. The Labute approximate surface area is 144 Å². The van der Waals surface area contributed by atoms with Crippen molar-refractivity contribution >= 4 is 22.6 Å². The van der Waals surface area contributed by atoms with Gasteiger partial charge in [0.1, 0.15) is 5.75 Å². The summed E-state index contributed by atoms with van der Waals surface area (Å²) in [6.45, 7) is 1.12. The molecular formula is C17H17N6O2+. The minimum Gasteiger partial charge on any atom is -0.496 e. The molecule has 0 saturated heterocycles. The van der Waals surface area contributed by atoms with Crippen LogP contribution in [-0.4, -0.2) is 29.1 Å². The molecule has 0 aliphatic heterocycles. The normalized spacial score (nSPS) is 10.2. The van der Waals surface area contributed by atoms with Gasteiger partial charge in [0, 0.05) is 36.3 Å². The number of hydrogen-bond acceptors (Lipinski definition) is 5. The molecule has 0 radical (unpaired) electrons. The monoisotopic (exact) mass is 337 g/mol. The molecule has 0 unspecified atom stereocenters. The van der Waals surface area contributed by atoms with Gasteiger partial charge in [0.15, 0.2) is 0 Å². The molecule has 1 amide bonds. The molecule has 0 fully saturated rings. The van der Waals surface area contributed by atoms with Crippen LogP contribution in [0.3, 0.4) is 0 Å². The number of hydrogen-bond donors (Lipinski definition) is 2. The fourth-order valence-electron chi connectivity index (χ4n) is 2.61. The number of carbonyl (C=O) groups is 1. The van der Waals surface area contributed by atoms with E-state index in [-0.39, 0.29) is 5.91 Å². The maximum atomic E-state index is 12.1. The van der Waals surface area contributed by atoms with Crippen molar-refractivity contribution in [3.8, 4) is 5.75 Å². The predicted molar refractivity (Wildman–Crippen MR) is 93.8 cm³/mol. The van der Waals surface area contributed by atoms with Crippen LogP contribution < -0.4 is 15.5 Å². The highest BCUT2D eigenvalue weighted by atomic mass is 16.5. The van der Waals surface area contributed by atoms with Crippen LogP contribution in [0.25, 0.3) is 16.0 Å². The van der Waals surface area contributed by atoms with Gasteiger partial charge in [0.25, 0.3) is 11.3 Å². The number of nitrogens with one attached hydrogen (secondary N) is 2. The molecule has 1 aromatic carbocycles. The van der Waals surface area contributed by atoms with Gasteiger partial charge in [0.2, 0.25) is 5.82 Å². The van der Waals surface area contributed by atoms with Crippen molar-refractivity contribution in [2.24, 2.45) is 0 Å². The van der Waals surface area contributed by atoms with Gasteiger partial charge in [-0.05, 0) is 30.3 Å². The van der Waals surface area contributed by atoms with E-state index in [0.29, 0.717) is 24.5 Å². The topological polar surface area (TPSA) is 96.3 Å². The van der Waals surface area contributed by atoms with E-state index in [1.165, 1.54) is 6.20 Å². The SMILES string of the molecule is COc1cccc2c1ccn2CCNC(=O)c1ccc(N[N+]#N)nc1. The smallest absolute Gasteiger partial charge is 0.309 e. The summed E-state index contributed by atoms with van der Waals surface area (Å²) in [6.07, 6.45) is 3.39. The molecule has 25 heavy (non-hydrogen) atoms. The number of rotatable bonds is 6. The second-order valence-corrected chi connectivity index (χ2v) is 5.30. The number of aromatic nitrogens is 2. The molecule has 8 heteroatoms. The molecule has 3 rings (SSSR count). The first kappa shape index (κ1) is 16.3. The number of benzene rings is 1. The highest BCUT2D eigenvalue weighted by molar-refractivity contribution is 5.94. The minimum absolute atomic E-state index is 0.214. The van der Waals surface area contributed by atoms with Gasteiger partial charge < -0.3 is 14.6 Å². The molecule has 0 bridgehead atoms. The Balaban J connectivity index is 1.61. The average Bonchev–Trinajstić information content (AvgIpc) is 3.06. The van der Waals surface area contributed by atoms with Crippen LogP contribution in [0.4, 0.5) is 5.82 Å². The maximum Gasteiger partial charge on any atom is 0.309 e. The number of carbonyl (C=O) groups excluding carboxylic acids is 1. The number of nitrogens with zero attached hydrogens (tertiary/aromatic N) is 4. The molecule has 3 aromatic rings. The minimum atomic E-state index is -0.214. The van der Waals surface area contributed by atoms with Crippen LogP contribution in [0, 0.1) is 5.39 Å². The van der Waals surface area contributed by atoms with Crippen molar-refractivity contribution in [2.75, 3.05) is 19.1 Å². The Morgan fingerprint density at radius 1 is 1.32 bits per heavy atom. The number of anilines is 1. The lowest BCUT2D eigenvalue weighted by Crippen LogP contribution is -2.27. The predicted octanol–water partition coefficient (Wildman–Crippen LogP) is 2.65. The largest absolute Gasteiger partial charge is 0.496 e. The lowest BCUT2D eigenvalue weighted by molar-refractivity contribution is 0.0952. The van der Waals surface area contributed by atoms with Crippen LogP contribution >= 0.6 is 0 Å². The molecule has 2 N–H and O–H groups in total. The van der Waals surface area contributed by atoms with Crippen molar-refractivity contribution in [1.29, 1.82) is 5.39 Å². The Kier molecular flexibility index (Phi) is 4.76. The second-order valence-electron chi connectivity index (χ2n) is 5.30. The quantitative estimate of drug-likeness (QED) is 0.532. The van der Waals surface area contributed by atoms with Gasteiger partial charge >= 0.3 is 5.08 Å². The van der Waals surface area contributed by atoms with E-state index in [1.807, 2.05) is 30.5 Å². The van der Waals surface area contributed by atoms with Crippen molar-refractivity contribution in [3.63, 3.8) is 0 Å². The van der Waals surface area contributed by atoms with Crippen molar-refractivity contribution in [2.45, 2.75) is 6.54 Å². The maximum absolute atomic E-state index is 12.1. The first-order valence-corrected chi connectivity index (χ1v) is 7.69. The third-order valence-electron chi connectivity index (χ3n) is 3.82. The first-order chi connectivity index (χ1) is 12.2. The van der Waals surface area contributed by atoms with E-state index in [1.54, 1.807) is 19.2 Å². The lowest BCUT2D eigenvalue weighted by atomic mass is 10.2. The zero-order valence-electron chi connectivity index (χ0n) is 13.6. The number of ether oxygens (including phenoxy) is 1. The number of methoxy groups -OCH3 is 1. The number of pyridine rings is 1. The molecule has 0 saturated carbocycles. The molecule has 8 nitrogen and oxygen atoms in total. The number of fused-ring (bicyclic) bond motifs is 1. The second kappa shape index (κ2) is 7.31. The first-order valence-electron chi connectivity index (χ1n) is 7.69. The van der Waals surface area contributed by atoms with Gasteiger partial charge in [-0.25, -0.2) is 4.98 Å². The van der Waals surface area contributed by atoms with Gasteiger partial charge in [-0.2, -0.15) is 0 Å². The van der Waals surface area contributed by atoms with Crippen LogP contribution in [0.15, 0.2) is 48.8 Å². The molecule has 0 spiro atoms. The molecule has 2 aromatic heterocycles. The third kappa shape index (κ3) is 3.50. The van der Waals surface area contributed by atoms with Gasteiger partial charge in [-0.3, -0.25) is 4.79 Å². The molecule has 2 heterocycles. The van der Waals surface area contributed by atoms with Crippen LogP contribution in [0.2, 0.25) is 0 Å². The van der Waals surface area contributed by atoms with Crippen molar-refractivity contribution in [1.82, 2.24) is 14.9 Å². The van der Waals surface area contributed by atoms with E-state index in [4.69, 9.17) is 10.1 Å². The Morgan fingerprint density at radius 2 is 2.20 bits per heavy atom. The summed E-state index contributed by atoms with van der Waals surface area (Å²) in [4.78, 5) is 16.1. The summed E-state index contributed by atoms with van der Waals surface area (Å²) < 4.78 is 7.41. The summed E-state index contributed by atoms with van der Waals surface area (Å²) in [5.41, 5.74) is 3.77. The summed E-state index contributed by atoms with van der Waals surface area (Å²) in [7, 11) is 1.65. The Hall–Kier alpha value is -3.60. The van der Waals surface area contributed by atoms with E-state index >= 15 is 0 Å². The van der Waals surface area contributed by atoms with E-state index in [9.17, 15) is 4.79 Å². The van der Waals surface area contributed by atoms with Crippen LogP contribution in [0.5, 0.6) is 5.75 Å². The number of diazo groups is 1. The van der Waals surface area contributed by atoms with Crippen molar-refractivity contribution < 1.29 is 9.53 Å². The standard InChI is InChI=1S/C17H16N6O2/c1-25-15-4-2-3-14-13(15)7-9-23(14)10-8-19-17(24)12-5-6-16(20-11-12)21-22-18/h2-7,9,11H,8,10H2,1H3,(H-,19,20,21,24)/p+1. The molecular weight excluding hydrogens is 320 g/mol. The molecule has 126 valence electrons. The van der Waals surface area contributed by atoms with Gasteiger partial charge in [0.05, 0.1) is 18.2 Å². The highest BCUT2D eigenvalue weighted by Gasteiger charge is 2.09. The molecule has 0 atom stereocenters. The lowest BCUT2D eigenvalue weighted by Gasteiger charge is -2.08. The summed E-state index contributed by atoms with van der Waals surface area (Å²) in [5, 5.41) is 15.1. The fourth-order valence-corrected chi connectivity index (χ4v) is 2.61.